The Labute approximate surface area is 151 Å². The van der Waals surface area contributed by atoms with Gasteiger partial charge in [0.25, 0.3) is 0 Å². The van der Waals surface area contributed by atoms with Gasteiger partial charge in [-0.25, -0.2) is 0 Å². The summed E-state index contributed by atoms with van der Waals surface area (Å²) in [5, 5.41) is 9.71. The molecular weight excluding hydrogens is 397 g/mol. The lowest BCUT2D eigenvalue weighted by Crippen LogP contribution is -1.96. The fraction of sp³-hybridized carbons (Fsp3) is 0.0769. The summed E-state index contributed by atoms with van der Waals surface area (Å²) in [6.07, 6.45) is 1.48. The largest absolute Gasteiger partial charge is 0.258 e. The molecule has 8 heteroatoms. The number of nitriles is 1. The second kappa shape index (κ2) is 6.79. The lowest BCUT2D eigenvalue weighted by atomic mass is 10.0. The molecule has 0 aliphatic heterocycles. The SMILES string of the molecule is N#CCc1ncc(Cl)cc1-c1c(Cl)c(Cl)c(Cl)c(Cl)c1Cl. The second-order valence-electron chi connectivity index (χ2n) is 3.93. The van der Waals surface area contributed by atoms with Gasteiger partial charge in [0.1, 0.15) is 0 Å². The fourth-order valence-electron chi connectivity index (χ4n) is 1.74. The van der Waals surface area contributed by atoms with Crippen molar-refractivity contribution in [1.29, 1.82) is 5.26 Å². The maximum atomic E-state index is 8.89. The van der Waals surface area contributed by atoms with E-state index in [4.69, 9.17) is 74.9 Å². The zero-order valence-corrected chi connectivity index (χ0v) is 14.6. The molecule has 0 N–H and O–H groups in total. The highest BCUT2D eigenvalue weighted by Gasteiger charge is 2.22. The van der Waals surface area contributed by atoms with Crippen molar-refractivity contribution in [1.82, 2.24) is 4.98 Å². The lowest BCUT2D eigenvalue weighted by molar-refractivity contribution is 1.12. The number of halogens is 6. The van der Waals surface area contributed by atoms with Gasteiger partial charge < -0.3 is 0 Å². The van der Waals surface area contributed by atoms with E-state index < -0.39 is 0 Å². The predicted molar refractivity (Wildman–Crippen MR) is 89.0 cm³/mol. The van der Waals surface area contributed by atoms with Crippen LogP contribution in [-0.4, -0.2) is 4.98 Å². The minimum absolute atomic E-state index is 0.0526. The van der Waals surface area contributed by atoms with Gasteiger partial charge in [0.2, 0.25) is 0 Å². The minimum Gasteiger partial charge on any atom is -0.258 e. The summed E-state index contributed by atoms with van der Waals surface area (Å²) in [5.41, 5.74) is 1.29. The summed E-state index contributed by atoms with van der Waals surface area (Å²) < 4.78 is 0. The van der Waals surface area contributed by atoms with Gasteiger partial charge in [-0.2, -0.15) is 5.26 Å². The predicted octanol–water partition coefficient (Wildman–Crippen LogP) is 6.74. The summed E-state index contributed by atoms with van der Waals surface area (Å²) in [6.45, 7) is 0. The van der Waals surface area contributed by atoms with Crippen LogP contribution in [0.5, 0.6) is 0 Å². The van der Waals surface area contributed by atoms with Gasteiger partial charge in [0.05, 0.1) is 48.3 Å². The molecule has 0 fully saturated rings. The third-order valence-corrected chi connectivity index (χ3v) is 5.15. The van der Waals surface area contributed by atoms with Crippen LogP contribution in [0.1, 0.15) is 5.69 Å². The number of nitrogens with zero attached hydrogens (tertiary/aromatic N) is 2. The molecule has 0 radical (unpaired) electrons. The van der Waals surface area contributed by atoms with E-state index in [1.807, 2.05) is 6.07 Å². The van der Waals surface area contributed by atoms with Crippen molar-refractivity contribution < 1.29 is 0 Å². The maximum Gasteiger partial charge on any atom is 0.0809 e. The smallest absolute Gasteiger partial charge is 0.0809 e. The van der Waals surface area contributed by atoms with Crippen molar-refractivity contribution >= 4 is 69.6 Å². The van der Waals surface area contributed by atoms with Gasteiger partial charge in [-0.1, -0.05) is 69.6 Å². The van der Waals surface area contributed by atoms with Crippen molar-refractivity contribution in [3.8, 4) is 17.2 Å². The fourth-order valence-corrected chi connectivity index (χ4v) is 3.24. The van der Waals surface area contributed by atoms with E-state index in [-0.39, 0.29) is 31.5 Å². The van der Waals surface area contributed by atoms with E-state index in [1.54, 1.807) is 6.07 Å². The Hall–Kier alpha value is -0.400. The molecule has 108 valence electrons. The third-order valence-electron chi connectivity index (χ3n) is 2.66. The summed E-state index contributed by atoms with van der Waals surface area (Å²) >= 11 is 36.5. The zero-order chi connectivity index (χ0) is 15.7. The van der Waals surface area contributed by atoms with Gasteiger partial charge in [-0.3, -0.25) is 4.98 Å². The normalized spacial score (nSPS) is 10.5. The first-order chi connectivity index (χ1) is 9.88. The molecule has 0 saturated carbocycles. The van der Waals surface area contributed by atoms with Crippen molar-refractivity contribution in [2.45, 2.75) is 6.42 Å². The summed E-state index contributed by atoms with van der Waals surface area (Å²) in [7, 11) is 0. The Morgan fingerprint density at radius 1 is 0.905 bits per heavy atom. The average Bonchev–Trinajstić information content (AvgIpc) is 2.46. The number of rotatable bonds is 2. The van der Waals surface area contributed by atoms with Gasteiger partial charge >= 0.3 is 0 Å². The highest BCUT2D eigenvalue weighted by molar-refractivity contribution is 6.56. The van der Waals surface area contributed by atoms with Gasteiger partial charge in [-0.15, -0.1) is 0 Å². The maximum absolute atomic E-state index is 8.89. The number of aromatic nitrogens is 1. The Morgan fingerprint density at radius 3 is 1.95 bits per heavy atom. The first-order valence-electron chi connectivity index (χ1n) is 5.41. The average molecular weight is 401 g/mol. The van der Waals surface area contributed by atoms with Gasteiger partial charge in [0, 0.05) is 17.3 Å². The molecule has 2 rings (SSSR count). The summed E-state index contributed by atoms with van der Waals surface area (Å²) in [5.74, 6) is 0. The molecule has 21 heavy (non-hydrogen) atoms. The number of benzene rings is 1. The molecule has 0 atom stereocenters. The van der Waals surface area contributed by atoms with Crippen LogP contribution in [0, 0.1) is 11.3 Å². The Bertz CT molecular complexity index is 737. The highest BCUT2D eigenvalue weighted by atomic mass is 35.5. The molecule has 0 spiro atoms. The first kappa shape index (κ1) is 17.0. The van der Waals surface area contributed by atoms with Gasteiger partial charge in [-0.05, 0) is 6.07 Å². The third kappa shape index (κ3) is 3.19. The molecule has 0 amide bonds. The standard InChI is InChI=1S/C13H4Cl6N2/c14-5-3-6(7(1-2-20)21-4-5)8-9(15)11(17)13(19)12(18)10(8)16/h3-4H,1H2. The van der Waals surface area contributed by atoms with Crippen LogP contribution in [0.2, 0.25) is 30.1 Å². The number of hydrogen-bond acceptors (Lipinski definition) is 2. The highest BCUT2D eigenvalue weighted by Crippen LogP contribution is 2.48. The molecule has 1 aromatic heterocycles. The Kier molecular flexibility index (Phi) is 5.48. The van der Waals surface area contributed by atoms with E-state index in [2.05, 4.69) is 4.98 Å². The Morgan fingerprint density at radius 2 is 1.43 bits per heavy atom. The molecular formula is C13H4Cl6N2. The monoisotopic (exact) mass is 398 g/mol. The molecule has 0 aliphatic carbocycles. The van der Waals surface area contributed by atoms with Crippen LogP contribution >= 0.6 is 69.6 Å². The van der Waals surface area contributed by atoms with Crippen LogP contribution in [0.25, 0.3) is 11.1 Å². The Balaban J connectivity index is 2.85. The quantitative estimate of drug-likeness (QED) is 0.413. The van der Waals surface area contributed by atoms with Crippen LogP contribution in [0.15, 0.2) is 12.3 Å². The summed E-state index contributed by atoms with van der Waals surface area (Å²) in [6, 6.07) is 3.60. The van der Waals surface area contributed by atoms with Crippen molar-refractivity contribution in [2.24, 2.45) is 0 Å². The topological polar surface area (TPSA) is 36.7 Å². The molecule has 1 aromatic carbocycles. The van der Waals surface area contributed by atoms with E-state index in [9.17, 15) is 0 Å². The first-order valence-corrected chi connectivity index (χ1v) is 7.68. The van der Waals surface area contributed by atoms with Crippen LogP contribution in [0.3, 0.4) is 0 Å². The van der Waals surface area contributed by atoms with E-state index in [0.29, 0.717) is 21.8 Å². The van der Waals surface area contributed by atoms with Gasteiger partial charge in [0.15, 0.2) is 0 Å². The van der Waals surface area contributed by atoms with Crippen molar-refractivity contribution in [2.75, 3.05) is 0 Å². The summed E-state index contributed by atoms with van der Waals surface area (Å²) in [4.78, 5) is 4.12. The molecule has 0 bridgehead atoms. The number of pyridine rings is 1. The van der Waals surface area contributed by atoms with Crippen LogP contribution < -0.4 is 0 Å². The molecule has 1 heterocycles. The van der Waals surface area contributed by atoms with Crippen LogP contribution in [-0.2, 0) is 6.42 Å². The molecule has 0 unspecified atom stereocenters. The molecule has 2 nitrogen and oxygen atoms in total. The minimum atomic E-state index is 0.0526. The van der Waals surface area contributed by atoms with Crippen molar-refractivity contribution in [3.05, 3.63) is 48.1 Å². The lowest BCUT2D eigenvalue weighted by Gasteiger charge is -2.14. The zero-order valence-electron chi connectivity index (χ0n) is 10.0. The molecule has 0 saturated heterocycles. The van der Waals surface area contributed by atoms with E-state index >= 15 is 0 Å². The number of hydrogen-bond donors (Lipinski definition) is 0. The van der Waals surface area contributed by atoms with Crippen molar-refractivity contribution in [3.63, 3.8) is 0 Å². The second-order valence-corrected chi connectivity index (χ2v) is 6.25. The molecule has 2 aromatic rings. The molecule has 0 aliphatic rings. The van der Waals surface area contributed by atoms with Crippen LogP contribution in [0.4, 0.5) is 0 Å². The van der Waals surface area contributed by atoms with E-state index in [0.717, 1.165) is 0 Å². The van der Waals surface area contributed by atoms with E-state index in [1.165, 1.54) is 6.20 Å².